The van der Waals surface area contributed by atoms with Gasteiger partial charge in [-0.1, -0.05) is 11.8 Å². The van der Waals surface area contributed by atoms with Crippen molar-refractivity contribution in [3.63, 3.8) is 0 Å². The number of aromatic amines is 1. The van der Waals surface area contributed by atoms with Gasteiger partial charge >= 0.3 is 0 Å². The van der Waals surface area contributed by atoms with Crippen molar-refractivity contribution in [2.75, 3.05) is 52.1 Å². The number of thioether (sulfide) groups is 1. The van der Waals surface area contributed by atoms with E-state index in [2.05, 4.69) is 15.0 Å². The number of ether oxygens (including phenoxy) is 4. The number of rotatable bonds is 10. The molecule has 0 aliphatic carbocycles. The van der Waals surface area contributed by atoms with Gasteiger partial charge in [0.15, 0.2) is 22.5 Å². The summed E-state index contributed by atoms with van der Waals surface area (Å²) < 4.78 is 23.2. The molecule has 162 valence electrons. The van der Waals surface area contributed by atoms with Gasteiger partial charge in [-0.05, 0) is 0 Å². The maximum atomic E-state index is 12.3. The van der Waals surface area contributed by atoms with Gasteiger partial charge < -0.3 is 34.9 Å². The Morgan fingerprint density at radius 2 is 2.10 bits per heavy atom. The van der Waals surface area contributed by atoms with Crippen LogP contribution in [0.2, 0.25) is 0 Å². The van der Waals surface area contributed by atoms with Crippen LogP contribution in [0.4, 0.5) is 5.95 Å². The lowest BCUT2D eigenvalue weighted by Gasteiger charge is -2.21. The minimum atomic E-state index is -1.07. The van der Waals surface area contributed by atoms with E-state index in [9.17, 15) is 15.0 Å². The molecule has 5 N–H and O–H groups in total. The Morgan fingerprint density at radius 3 is 2.79 bits per heavy atom. The number of nitrogens with one attached hydrogen (secondary N) is 1. The van der Waals surface area contributed by atoms with Gasteiger partial charge in [-0.15, -0.1) is 0 Å². The van der Waals surface area contributed by atoms with E-state index in [-0.39, 0.29) is 17.1 Å². The van der Waals surface area contributed by atoms with Gasteiger partial charge in [0, 0.05) is 20.0 Å². The molecule has 0 saturated carbocycles. The number of anilines is 1. The Bertz CT molecular complexity index is 875. The molecule has 0 spiro atoms. The molecule has 1 fully saturated rings. The maximum Gasteiger partial charge on any atom is 0.280 e. The Kier molecular flexibility index (Phi) is 7.45. The normalized spacial score (nSPS) is 24.6. The standard InChI is InChI=1S/C16H25N5O7S/c1-25-3-4-27-5-6-29-16-18-9-12(19-15(17)20-13(9)24)21(16)14-11(26-2)10(23)8(7-22)28-14/h8,10-11,14,22-23H,3-7H2,1-2H3,(H3,17,19,20,24)/t8-,10-,11-,14-/m1/s1. The fraction of sp³-hybridized carbons (Fsp3) is 0.688. The summed E-state index contributed by atoms with van der Waals surface area (Å²) >= 11 is 1.33. The van der Waals surface area contributed by atoms with Crippen molar-refractivity contribution >= 4 is 28.9 Å². The first kappa shape index (κ1) is 22.0. The molecule has 2 aromatic heterocycles. The molecule has 3 heterocycles. The van der Waals surface area contributed by atoms with E-state index in [1.807, 2.05) is 0 Å². The van der Waals surface area contributed by atoms with E-state index in [0.717, 1.165) is 0 Å². The second kappa shape index (κ2) is 9.84. The van der Waals surface area contributed by atoms with Crippen molar-refractivity contribution in [1.82, 2.24) is 19.5 Å². The Labute approximate surface area is 170 Å². The lowest BCUT2D eigenvalue weighted by Crippen LogP contribution is -2.34. The molecule has 0 unspecified atom stereocenters. The average molecular weight is 431 g/mol. The van der Waals surface area contributed by atoms with Crippen LogP contribution in [0.15, 0.2) is 9.95 Å². The van der Waals surface area contributed by atoms with Crippen molar-refractivity contribution < 1.29 is 29.2 Å². The molecule has 1 aliphatic heterocycles. The van der Waals surface area contributed by atoms with Gasteiger partial charge in [0.05, 0.1) is 26.4 Å². The predicted octanol–water partition coefficient (Wildman–Crippen LogP) is -1.28. The van der Waals surface area contributed by atoms with Crippen LogP contribution in [0.5, 0.6) is 0 Å². The number of aromatic nitrogens is 4. The molecule has 29 heavy (non-hydrogen) atoms. The third kappa shape index (κ3) is 4.55. The molecular weight excluding hydrogens is 406 g/mol. The smallest absolute Gasteiger partial charge is 0.280 e. The quantitative estimate of drug-likeness (QED) is 0.261. The largest absolute Gasteiger partial charge is 0.394 e. The highest BCUT2D eigenvalue weighted by Gasteiger charge is 2.46. The van der Waals surface area contributed by atoms with Crippen molar-refractivity contribution in [3.05, 3.63) is 10.4 Å². The van der Waals surface area contributed by atoms with E-state index < -0.39 is 36.7 Å². The molecule has 3 rings (SSSR count). The zero-order valence-corrected chi connectivity index (χ0v) is 16.9. The fourth-order valence-corrected chi connectivity index (χ4v) is 3.95. The van der Waals surface area contributed by atoms with E-state index in [0.29, 0.717) is 30.7 Å². The Hall–Kier alpha value is -1.74. The first-order valence-electron chi connectivity index (χ1n) is 8.96. The second-order valence-electron chi connectivity index (χ2n) is 6.28. The van der Waals surface area contributed by atoms with Crippen LogP contribution >= 0.6 is 11.8 Å². The predicted molar refractivity (Wildman–Crippen MR) is 104 cm³/mol. The number of hydrogen-bond acceptors (Lipinski definition) is 11. The average Bonchev–Trinajstić information content (AvgIpc) is 3.21. The van der Waals surface area contributed by atoms with Crippen LogP contribution in [0.1, 0.15) is 6.23 Å². The summed E-state index contributed by atoms with van der Waals surface area (Å²) in [4.78, 5) is 23.3. The Morgan fingerprint density at radius 1 is 1.31 bits per heavy atom. The number of aliphatic hydroxyl groups is 2. The molecule has 0 amide bonds. The number of aliphatic hydroxyl groups excluding tert-OH is 2. The maximum absolute atomic E-state index is 12.3. The first-order valence-corrected chi connectivity index (χ1v) is 9.94. The molecule has 1 saturated heterocycles. The van der Waals surface area contributed by atoms with Gasteiger partial charge in [0.1, 0.15) is 18.3 Å². The van der Waals surface area contributed by atoms with Crippen LogP contribution in [-0.4, -0.2) is 94.4 Å². The number of nitrogen functional groups attached to an aromatic ring is 1. The highest BCUT2D eigenvalue weighted by Crippen LogP contribution is 2.36. The summed E-state index contributed by atoms with van der Waals surface area (Å²) in [6.07, 6.45) is -3.58. The van der Waals surface area contributed by atoms with E-state index in [4.69, 9.17) is 24.7 Å². The first-order chi connectivity index (χ1) is 14.0. The fourth-order valence-electron chi connectivity index (χ4n) is 3.08. The summed E-state index contributed by atoms with van der Waals surface area (Å²) in [7, 11) is 3.02. The summed E-state index contributed by atoms with van der Waals surface area (Å²) in [6.45, 7) is 1.00. The van der Waals surface area contributed by atoms with Gasteiger partial charge in [-0.25, -0.2) is 4.98 Å². The number of methoxy groups -OCH3 is 2. The number of fused-ring (bicyclic) bond motifs is 1. The highest BCUT2D eigenvalue weighted by atomic mass is 32.2. The summed E-state index contributed by atoms with van der Waals surface area (Å²) in [5, 5.41) is 20.3. The van der Waals surface area contributed by atoms with E-state index in [1.165, 1.54) is 18.9 Å². The number of H-pyrrole nitrogens is 1. The van der Waals surface area contributed by atoms with E-state index in [1.54, 1.807) is 11.7 Å². The lowest BCUT2D eigenvalue weighted by molar-refractivity contribution is -0.0623. The highest BCUT2D eigenvalue weighted by molar-refractivity contribution is 7.99. The van der Waals surface area contributed by atoms with Crippen LogP contribution in [0.25, 0.3) is 11.2 Å². The van der Waals surface area contributed by atoms with Crippen molar-refractivity contribution in [1.29, 1.82) is 0 Å². The Balaban J connectivity index is 1.94. The SMILES string of the molecule is COCCOCCSc1nc2c(=O)[nH]c(N)nc2n1[C@@H]1O[C@H](CO)[C@@H](O)[C@H]1OC. The molecule has 4 atom stereocenters. The molecular formula is C16H25N5O7S. The zero-order valence-electron chi connectivity index (χ0n) is 16.1. The van der Waals surface area contributed by atoms with E-state index >= 15 is 0 Å². The second-order valence-corrected chi connectivity index (χ2v) is 7.34. The third-order valence-electron chi connectivity index (χ3n) is 4.45. The van der Waals surface area contributed by atoms with Crippen molar-refractivity contribution in [2.45, 2.75) is 29.7 Å². The number of hydrogen-bond donors (Lipinski definition) is 4. The number of nitrogens with two attached hydrogens (primary N) is 1. The van der Waals surface area contributed by atoms with Gasteiger partial charge in [-0.3, -0.25) is 14.3 Å². The summed E-state index contributed by atoms with van der Waals surface area (Å²) in [6, 6.07) is 0. The summed E-state index contributed by atoms with van der Waals surface area (Å²) in [5.74, 6) is 0.464. The minimum Gasteiger partial charge on any atom is -0.394 e. The monoisotopic (exact) mass is 431 g/mol. The minimum absolute atomic E-state index is 0.0747. The molecule has 12 nitrogen and oxygen atoms in total. The van der Waals surface area contributed by atoms with Crippen molar-refractivity contribution in [2.24, 2.45) is 0 Å². The molecule has 0 bridgehead atoms. The molecule has 2 aromatic rings. The topological polar surface area (TPSA) is 167 Å². The van der Waals surface area contributed by atoms with Gasteiger partial charge in [0.25, 0.3) is 5.56 Å². The molecule has 13 heteroatoms. The van der Waals surface area contributed by atoms with Crippen LogP contribution < -0.4 is 11.3 Å². The zero-order chi connectivity index (χ0) is 21.0. The van der Waals surface area contributed by atoms with Crippen LogP contribution in [0.3, 0.4) is 0 Å². The number of nitrogens with zero attached hydrogens (tertiary/aromatic N) is 3. The van der Waals surface area contributed by atoms with Crippen LogP contribution in [-0.2, 0) is 18.9 Å². The third-order valence-corrected chi connectivity index (χ3v) is 5.36. The molecule has 0 aromatic carbocycles. The lowest BCUT2D eigenvalue weighted by atomic mass is 10.1. The summed E-state index contributed by atoms with van der Waals surface area (Å²) in [5.41, 5.74) is 5.51. The van der Waals surface area contributed by atoms with Gasteiger partial charge in [-0.2, -0.15) is 4.98 Å². The number of imidazole rings is 1. The van der Waals surface area contributed by atoms with Gasteiger partial charge in [0.2, 0.25) is 5.95 Å². The molecule has 0 radical (unpaired) electrons. The molecule has 1 aliphatic rings. The van der Waals surface area contributed by atoms with Crippen molar-refractivity contribution in [3.8, 4) is 0 Å². The van der Waals surface area contributed by atoms with Crippen LogP contribution in [0, 0.1) is 0 Å².